The fraction of sp³-hybridized carbons (Fsp3) is 0. The number of aromatic carboxylic acids is 1. The highest BCUT2D eigenvalue weighted by molar-refractivity contribution is 14.2. The van der Waals surface area contributed by atoms with Gasteiger partial charge in [0.2, 0.25) is 0 Å². The van der Waals surface area contributed by atoms with Crippen molar-refractivity contribution in [2.45, 2.75) is 0 Å². The van der Waals surface area contributed by atoms with Gasteiger partial charge in [-0.05, 0) is 12.1 Å². The van der Waals surface area contributed by atoms with Gasteiger partial charge in [0, 0.05) is 5.02 Å². The lowest BCUT2D eigenvalue weighted by atomic mass is 10.2. The molecule has 4 nitrogen and oxygen atoms in total. The van der Waals surface area contributed by atoms with Crippen molar-refractivity contribution in [1.29, 1.82) is 0 Å². The van der Waals surface area contributed by atoms with E-state index < -0.39 is 25.8 Å². The van der Waals surface area contributed by atoms with Crippen LogP contribution >= 0.6 is 43.0 Å². The van der Waals surface area contributed by atoms with Gasteiger partial charge < -0.3 is 5.11 Å². The molecule has 0 spiro atoms. The van der Waals surface area contributed by atoms with E-state index in [1.54, 1.807) is 0 Å². The Balaban J connectivity index is 3.60. The monoisotopic (exact) mass is 348 g/mol. The summed E-state index contributed by atoms with van der Waals surface area (Å²) in [5.41, 5.74) is -0.377. The second-order valence-electron chi connectivity index (χ2n) is 2.27. The van der Waals surface area contributed by atoms with E-state index in [2.05, 4.69) is 0 Å². The molecule has 0 saturated carbocycles. The lowest BCUT2D eigenvalue weighted by Gasteiger charge is -2.01. The summed E-state index contributed by atoms with van der Waals surface area (Å²) < 4.78 is 21.3. The maximum atomic E-state index is 10.8. The molecule has 76 valence electrons. The molecule has 0 aliphatic carbocycles. The van der Waals surface area contributed by atoms with Crippen molar-refractivity contribution in [1.82, 2.24) is 0 Å². The van der Waals surface area contributed by atoms with E-state index in [1.807, 2.05) is 0 Å². The molecule has 14 heavy (non-hydrogen) atoms. The van der Waals surface area contributed by atoms with E-state index in [-0.39, 0.29) is 19.2 Å². The summed E-state index contributed by atoms with van der Waals surface area (Å²) >= 11 is 7.18. The van der Waals surface area contributed by atoms with Gasteiger partial charge >= 0.3 is 25.8 Å². The number of carbonyl (C=O) groups is 1. The summed E-state index contributed by atoms with van der Waals surface area (Å²) in [6.45, 7) is 0. The van der Waals surface area contributed by atoms with Gasteiger partial charge in [0.15, 0.2) is 0 Å². The SMILES string of the molecule is O=C(O)c1cc(Cl)cc(Cl)c1I(=O)=O. The number of carboxylic acids is 1. The molecule has 0 aliphatic rings. The number of rotatable bonds is 2. The van der Waals surface area contributed by atoms with Crippen LogP contribution in [-0.4, -0.2) is 11.1 Å². The van der Waals surface area contributed by atoms with Crippen molar-refractivity contribution >= 4 is 49.0 Å². The lowest BCUT2D eigenvalue weighted by Crippen LogP contribution is -2.00. The van der Waals surface area contributed by atoms with Gasteiger partial charge in [-0.2, -0.15) is 0 Å². The normalized spacial score (nSPS) is 10.5. The van der Waals surface area contributed by atoms with Crippen LogP contribution in [0, 0.1) is 3.57 Å². The van der Waals surface area contributed by atoms with E-state index in [9.17, 15) is 10.9 Å². The number of carboxylic acid groups (broad SMARTS) is 1. The first-order chi connectivity index (χ1) is 6.43. The lowest BCUT2D eigenvalue weighted by molar-refractivity contribution is 0.0695. The van der Waals surface area contributed by atoms with Crippen LogP contribution in [0.5, 0.6) is 0 Å². The Labute approximate surface area is 96.0 Å². The first kappa shape index (κ1) is 11.7. The summed E-state index contributed by atoms with van der Waals surface area (Å²) in [5.74, 6) is -1.36. The maximum Gasteiger partial charge on any atom is 0.343 e. The predicted molar refractivity (Wildman–Crippen MR) is 57.5 cm³/mol. The topological polar surface area (TPSA) is 71.4 Å². The van der Waals surface area contributed by atoms with Crippen molar-refractivity contribution in [2.75, 3.05) is 0 Å². The molecule has 0 heterocycles. The first-order valence-corrected chi connectivity index (χ1v) is 6.80. The van der Waals surface area contributed by atoms with Gasteiger partial charge in [-0.1, -0.05) is 23.2 Å². The minimum absolute atomic E-state index is 0.0915. The molecule has 0 amide bonds. The fourth-order valence-electron chi connectivity index (χ4n) is 0.868. The van der Waals surface area contributed by atoms with E-state index in [0.717, 1.165) is 6.07 Å². The summed E-state index contributed by atoms with van der Waals surface area (Å²) in [4.78, 5) is 10.7. The first-order valence-electron chi connectivity index (χ1n) is 3.21. The Morgan fingerprint density at radius 2 is 1.86 bits per heavy atom. The summed E-state index contributed by atoms with van der Waals surface area (Å²) in [5, 5.41) is 8.64. The molecule has 0 atom stereocenters. The number of hydrogen-bond donors (Lipinski definition) is 1. The van der Waals surface area contributed by atoms with Crippen molar-refractivity contribution < 1.29 is 16.0 Å². The molecular formula is C7H3Cl2IO4. The third kappa shape index (κ3) is 2.34. The molecule has 0 bridgehead atoms. The Morgan fingerprint density at radius 1 is 1.29 bits per heavy atom. The van der Waals surface area contributed by atoms with Crippen LogP contribution in [0.1, 0.15) is 10.4 Å². The zero-order valence-corrected chi connectivity index (χ0v) is 10.1. The third-order valence-corrected chi connectivity index (χ3v) is 4.26. The minimum Gasteiger partial charge on any atom is -0.478 e. The largest absolute Gasteiger partial charge is 0.478 e. The second kappa shape index (κ2) is 4.41. The zero-order chi connectivity index (χ0) is 10.9. The highest BCUT2D eigenvalue weighted by Crippen LogP contribution is 2.32. The van der Waals surface area contributed by atoms with Gasteiger partial charge in [-0.3, -0.25) is 0 Å². The minimum atomic E-state index is -3.92. The van der Waals surface area contributed by atoms with Crippen LogP contribution < -0.4 is 0 Å². The van der Waals surface area contributed by atoms with Crippen molar-refractivity contribution in [3.63, 3.8) is 0 Å². The zero-order valence-electron chi connectivity index (χ0n) is 6.46. The fourth-order valence-corrected chi connectivity index (χ4v) is 3.19. The number of benzene rings is 1. The van der Waals surface area contributed by atoms with Gasteiger partial charge in [-0.25, -0.2) is 10.9 Å². The van der Waals surface area contributed by atoms with Crippen molar-refractivity contribution in [2.24, 2.45) is 0 Å². The number of hydrogen-bond acceptors (Lipinski definition) is 3. The summed E-state index contributed by atoms with van der Waals surface area (Å²) in [6.07, 6.45) is 0. The van der Waals surface area contributed by atoms with Crippen LogP contribution in [0.3, 0.4) is 0 Å². The predicted octanol–water partition coefficient (Wildman–Crippen LogP) is 3.06. The average Bonchev–Trinajstić information content (AvgIpc) is 2.01. The second-order valence-corrected chi connectivity index (χ2v) is 5.43. The van der Waals surface area contributed by atoms with Gasteiger partial charge in [0.1, 0.15) is 3.57 Å². The van der Waals surface area contributed by atoms with Crippen LogP contribution in [0.15, 0.2) is 12.1 Å². The Kier molecular flexibility index (Phi) is 3.68. The average molecular weight is 349 g/mol. The molecule has 0 aliphatic heterocycles. The third-order valence-electron chi connectivity index (χ3n) is 1.38. The molecule has 1 aromatic carbocycles. The van der Waals surface area contributed by atoms with Crippen LogP contribution in [0.25, 0.3) is 0 Å². The van der Waals surface area contributed by atoms with Gasteiger partial charge in [-0.15, -0.1) is 0 Å². The van der Waals surface area contributed by atoms with Gasteiger partial charge in [0.25, 0.3) is 0 Å². The van der Waals surface area contributed by atoms with E-state index in [1.165, 1.54) is 6.07 Å². The van der Waals surface area contributed by atoms with E-state index >= 15 is 0 Å². The maximum absolute atomic E-state index is 10.8. The molecule has 0 aromatic heterocycles. The summed E-state index contributed by atoms with van der Waals surface area (Å²) in [7, 11) is 0. The molecule has 0 fully saturated rings. The smallest absolute Gasteiger partial charge is 0.343 e. The van der Waals surface area contributed by atoms with Crippen LogP contribution in [-0.2, 0) is 6.14 Å². The highest BCUT2D eigenvalue weighted by Gasteiger charge is 2.18. The van der Waals surface area contributed by atoms with Crippen molar-refractivity contribution in [3.8, 4) is 0 Å². The molecule has 0 unspecified atom stereocenters. The summed E-state index contributed by atoms with van der Waals surface area (Å²) in [6, 6.07) is 2.26. The van der Waals surface area contributed by atoms with Crippen molar-refractivity contribution in [3.05, 3.63) is 31.3 Å². The molecule has 1 rings (SSSR count). The quantitative estimate of drug-likeness (QED) is 0.658. The molecule has 1 N–H and O–H groups in total. The van der Waals surface area contributed by atoms with Crippen LogP contribution in [0.2, 0.25) is 10.0 Å². The molecule has 1 aromatic rings. The Hall–Kier alpha value is -0.400. The van der Waals surface area contributed by atoms with Crippen LogP contribution in [0.4, 0.5) is 0 Å². The molecule has 0 saturated heterocycles. The van der Waals surface area contributed by atoms with Gasteiger partial charge in [0.05, 0.1) is 10.6 Å². The Bertz CT molecular complexity index is 459. The molecule has 0 radical (unpaired) electrons. The Morgan fingerprint density at radius 3 is 2.29 bits per heavy atom. The molecule has 7 heteroatoms. The van der Waals surface area contributed by atoms with E-state index in [4.69, 9.17) is 28.3 Å². The van der Waals surface area contributed by atoms with E-state index in [0.29, 0.717) is 0 Å². The standard InChI is InChI=1S/C7H3Cl2IO4/c8-3-1-4(7(11)12)6(10(13)14)5(9)2-3/h1-2H,(H,11,12). The number of halogens is 3. The highest BCUT2D eigenvalue weighted by atomic mass is 127. The molecular weight excluding hydrogens is 346 g/mol.